The van der Waals surface area contributed by atoms with Gasteiger partial charge in [0.25, 0.3) is 0 Å². The van der Waals surface area contributed by atoms with E-state index in [9.17, 15) is 0 Å². The van der Waals surface area contributed by atoms with Crippen LogP contribution in [0.5, 0.6) is 0 Å². The van der Waals surface area contributed by atoms with Crippen LogP contribution >= 0.6 is 0 Å². The molecule has 2 unspecified atom stereocenters. The Morgan fingerprint density at radius 2 is 2.12 bits per heavy atom. The van der Waals surface area contributed by atoms with Crippen LogP contribution in [0.1, 0.15) is 58.8 Å². The Labute approximate surface area is 101 Å². The van der Waals surface area contributed by atoms with Gasteiger partial charge in [0.15, 0.2) is 0 Å². The van der Waals surface area contributed by atoms with E-state index in [4.69, 9.17) is 0 Å². The quantitative estimate of drug-likeness (QED) is 0.713. The molecule has 1 nitrogen and oxygen atoms in total. The zero-order valence-corrected chi connectivity index (χ0v) is 11.2. The minimum absolute atomic E-state index is 0.523. The van der Waals surface area contributed by atoms with Gasteiger partial charge in [0.1, 0.15) is 0 Å². The molecule has 2 aliphatic rings. The van der Waals surface area contributed by atoms with Gasteiger partial charge in [-0.1, -0.05) is 38.3 Å². The van der Waals surface area contributed by atoms with Crippen molar-refractivity contribution in [2.45, 2.75) is 64.8 Å². The average Bonchev–Trinajstić information content (AvgIpc) is 2.75. The number of hydrogen-bond acceptors (Lipinski definition) is 1. The third-order valence-corrected chi connectivity index (χ3v) is 4.78. The maximum Gasteiger partial charge on any atom is 0.0310 e. The second-order valence-electron chi connectivity index (χ2n) is 6.28. The van der Waals surface area contributed by atoms with Crippen molar-refractivity contribution in [3.05, 3.63) is 11.6 Å². The van der Waals surface area contributed by atoms with Crippen molar-refractivity contribution < 1.29 is 0 Å². The molecular formula is C15H27N. The molecule has 0 amide bonds. The van der Waals surface area contributed by atoms with Gasteiger partial charge in [-0.25, -0.2) is 0 Å². The molecule has 16 heavy (non-hydrogen) atoms. The molecule has 0 radical (unpaired) electrons. The standard InChI is InChI=1S/C15H27N/c1-15(2)11-7-6-10-13(15)14(16-3)12-8-4-5-9-12/h8,13-14,16H,4-7,9-11H2,1-3H3. The van der Waals surface area contributed by atoms with Crippen LogP contribution in [-0.4, -0.2) is 13.1 Å². The second-order valence-corrected chi connectivity index (χ2v) is 6.28. The highest BCUT2D eigenvalue weighted by molar-refractivity contribution is 5.18. The maximum atomic E-state index is 3.60. The summed E-state index contributed by atoms with van der Waals surface area (Å²) < 4.78 is 0. The largest absolute Gasteiger partial charge is 0.313 e. The van der Waals surface area contributed by atoms with Crippen LogP contribution in [-0.2, 0) is 0 Å². The molecule has 0 aromatic carbocycles. The molecule has 0 bridgehead atoms. The molecule has 1 fully saturated rings. The fourth-order valence-electron chi connectivity index (χ4n) is 3.76. The Hall–Kier alpha value is -0.300. The first-order valence-corrected chi connectivity index (χ1v) is 7.01. The first-order valence-electron chi connectivity index (χ1n) is 7.01. The van der Waals surface area contributed by atoms with Crippen LogP contribution in [0.3, 0.4) is 0 Å². The Bertz CT molecular complexity index is 265. The Kier molecular flexibility index (Phi) is 3.73. The summed E-state index contributed by atoms with van der Waals surface area (Å²) in [4.78, 5) is 0. The van der Waals surface area contributed by atoms with E-state index in [1.165, 1.54) is 44.9 Å². The highest BCUT2D eigenvalue weighted by atomic mass is 14.9. The lowest BCUT2D eigenvalue weighted by Crippen LogP contribution is -2.44. The average molecular weight is 221 g/mol. The van der Waals surface area contributed by atoms with E-state index in [-0.39, 0.29) is 0 Å². The summed E-state index contributed by atoms with van der Waals surface area (Å²) in [6.07, 6.45) is 12.2. The number of nitrogens with one attached hydrogen (secondary N) is 1. The normalized spacial score (nSPS) is 31.2. The van der Waals surface area contributed by atoms with Crippen molar-refractivity contribution >= 4 is 0 Å². The second kappa shape index (κ2) is 4.91. The smallest absolute Gasteiger partial charge is 0.0310 e. The van der Waals surface area contributed by atoms with Crippen LogP contribution in [0.4, 0.5) is 0 Å². The zero-order chi connectivity index (χ0) is 11.6. The Morgan fingerprint density at radius 1 is 1.31 bits per heavy atom. The first kappa shape index (κ1) is 12.2. The Morgan fingerprint density at radius 3 is 2.69 bits per heavy atom. The third kappa shape index (κ3) is 2.34. The van der Waals surface area contributed by atoms with Crippen molar-refractivity contribution in [3.63, 3.8) is 0 Å². The molecule has 2 atom stereocenters. The van der Waals surface area contributed by atoms with E-state index < -0.39 is 0 Å². The van der Waals surface area contributed by atoms with Crippen LogP contribution < -0.4 is 5.32 Å². The first-order chi connectivity index (χ1) is 7.65. The van der Waals surface area contributed by atoms with Crippen LogP contribution in [0.25, 0.3) is 0 Å². The van der Waals surface area contributed by atoms with Gasteiger partial charge in [0.05, 0.1) is 0 Å². The highest BCUT2D eigenvalue weighted by Crippen LogP contribution is 2.44. The summed E-state index contributed by atoms with van der Waals surface area (Å²) in [5.74, 6) is 0.843. The van der Waals surface area contributed by atoms with Crippen molar-refractivity contribution in [2.24, 2.45) is 11.3 Å². The predicted octanol–water partition coefficient (Wildman–Crippen LogP) is 3.90. The van der Waals surface area contributed by atoms with Crippen molar-refractivity contribution in [3.8, 4) is 0 Å². The van der Waals surface area contributed by atoms with Gasteiger partial charge in [-0.15, -0.1) is 0 Å². The topological polar surface area (TPSA) is 12.0 Å². The fraction of sp³-hybridized carbons (Fsp3) is 0.867. The molecule has 1 saturated carbocycles. The van der Waals surface area contributed by atoms with Gasteiger partial charge >= 0.3 is 0 Å². The lowest BCUT2D eigenvalue weighted by Gasteiger charge is -2.43. The number of rotatable bonds is 3. The van der Waals surface area contributed by atoms with Gasteiger partial charge in [-0.2, -0.15) is 0 Å². The summed E-state index contributed by atoms with van der Waals surface area (Å²) in [7, 11) is 2.15. The van der Waals surface area contributed by atoms with Crippen molar-refractivity contribution in [1.29, 1.82) is 0 Å². The summed E-state index contributed by atoms with van der Waals surface area (Å²) in [6, 6.07) is 0.651. The molecule has 2 aliphatic carbocycles. The minimum atomic E-state index is 0.523. The lowest BCUT2D eigenvalue weighted by atomic mass is 9.64. The van der Waals surface area contributed by atoms with E-state index in [1.807, 2.05) is 0 Å². The van der Waals surface area contributed by atoms with Crippen molar-refractivity contribution in [2.75, 3.05) is 7.05 Å². The molecule has 0 spiro atoms. The molecule has 92 valence electrons. The highest BCUT2D eigenvalue weighted by Gasteiger charge is 2.38. The number of hydrogen-bond donors (Lipinski definition) is 1. The van der Waals surface area contributed by atoms with Gasteiger partial charge in [-0.3, -0.25) is 0 Å². The molecular weight excluding hydrogens is 194 g/mol. The minimum Gasteiger partial charge on any atom is -0.313 e. The van der Waals surface area contributed by atoms with Gasteiger partial charge in [-0.05, 0) is 50.5 Å². The van der Waals surface area contributed by atoms with Crippen LogP contribution in [0.15, 0.2) is 11.6 Å². The number of likely N-dealkylation sites (N-methyl/N-ethyl adjacent to an activating group) is 1. The van der Waals surface area contributed by atoms with Gasteiger partial charge < -0.3 is 5.32 Å². The third-order valence-electron chi connectivity index (χ3n) is 4.78. The SMILES string of the molecule is CNC(C1=CCCC1)C1CCCCC1(C)C. The molecule has 1 heteroatoms. The monoisotopic (exact) mass is 221 g/mol. The summed E-state index contributed by atoms with van der Waals surface area (Å²) in [5.41, 5.74) is 2.22. The maximum absolute atomic E-state index is 3.60. The molecule has 0 heterocycles. The summed E-state index contributed by atoms with van der Waals surface area (Å²) in [6.45, 7) is 4.94. The number of allylic oxidation sites excluding steroid dienone is 1. The fourth-order valence-corrected chi connectivity index (χ4v) is 3.76. The Balaban J connectivity index is 2.12. The zero-order valence-electron chi connectivity index (χ0n) is 11.2. The van der Waals surface area contributed by atoms with E-state index >= 15 is 0 Å². The van der Waals surface area contributed by atoms with E-state index in [0.29, 0.717) is 11.5 Å². The molecule has 0 aromatic rings. The summed E-state index contributed by atoms with van der Waals surface area (Å²) >= 11 is 0. The van der Waals surface area contributed by atoms with E-state index in [1.54, 1.807) is 5.57 Å². The van der Waals surface area contributed by atoms with Crippen LogP contribution in [0.2, 0.25) is 0 Å². The van der Waals surface area contributed by atoms with Gasteiger partial charge in [0, 0.05) is 6.04 Å². The van der Waals surface area contributed by atoms with Crippen LogP contribution in [0, 0.1) is 11.3 Å². The molecule has 0 aliphatic heterocycles. The van der Waals surface area contributed by atoms with E-state index in [0.717, 1.165) is 5.92 Å². The van der Waals surface area contributed by atoms with Crippen molar-refractivity contribution in [1.82, 2.24) is 5.32 Å². The predicted molar refractivity (Wildman–Crippen MR) is 70.5 cm³/mol. The lowest BCUT2D eigenvalue weighted by molar-refractivity contribution is 0.112. The molecule has 1 N–H and O–H groups in total. The molecule has 0 aromatic heterocycles. The summed E-state index contributed by atoms with van der Waals surface area (Å²) in [5, 5.41) is 3.60. The molecule has 2 rings (SSSR count). The van der Waals surface area contributed by atoms with E-state index in [2.05, 4.69) is 32.3 Å². The van der Waals surface area contributed by atoms with Gasteiger partial charge in [0.2, 0.25) is 0 Å². The molecule has 0 saturated heterocycles.